The minimum Gasteiger partial charge on any atom is -0.483 e. The molecule has 1 aliphatic heterocycles. The van der Waals surface area contributed by atoms with E-state index in [-0.39, 0.29) is 25.0 Å². The van der Waals surface area contributed by atoms with Gasteiger partial charge in [-0.2, -0.15) is 0 Å². The molecule has 0 aliphatic carbocycles. The highest BCUT2D eigenvalue weighted by atomic mass is 16.5. The van der Waals surface area contributed by atoms with E-state index >= 15 is 0 Å². The number of amides is 2. The zero-order chi connectivity index (χ0) is 18.7. The molecule has 2 aromatic rings. The van der Waals surface area contributed by atoms with Crippen molar-refractivity contribution in [1.29, 1.82) is 0 Å². The molecule has 3 rings (SSSR count). The van der Waals surface area contributed by atoms with Crippen molar-refractivity contribution in [1.82, 2.24) is 5.32 Å². The molecule has 136 valence electrons. The maximum Gasteiger partial charge on any atom is 0.265 e. The Bertz CT molecular complexity index is 834. The van der Waals surface area contributed by atoms with Crippen molar-refractivity contribution in [2.45, 2.75) is 20.0 Å². The van der Waals surface area contributed by atoms with Crippen molar-refractivity contribution in [3.8, 4) is 11.5 Å². The summed E-state index contributed by atoms with van der Waals surface area (Å²) in [4.78, 5) is 26.3. The Labute approximate surface area is 152 Å². The van der Waals surface area contributed by atoms with Gasteiger partial charge < -0.3 is 19.7 Å². The van der Waals surface area contributed by atoms with Crippen molar-refractivity contribution in [2.24, 2.45) is 0 Å². The van der Waals surface area contributed by atoms with Crippen molar-refractivity contribution >= 4 is 17.5 Å². The van der Waals surface area contributed by atoms with Gasteiger partial charge in [-0.05, 0) is 43.2 Å². The van der Waals surface area contributed by atoms with E-state index < -0.39 is 6.10 Å². The van der Waals surface area contributed by atoms with Gasteiger partial charge in [-0.1, -0.05) is 24.3 Å². The summed E-state index contributed by atoms with van der Waals surface area (Å²) in [6.07, 6.45) is -0.750. The lowest BCUT2D eigenvalue weighted by Crippen LogP contribution is -2.51. The van der Waals surface area contributed by atoms with Gasteiger partial charge in [0.1, 0.15) is 11.5 Å². The third kappa shape index (κ3) is 3.64. The summed E-state index contributed by atoms with van der Waals surface area (Å²) in [5.41, 5.74) is 2.67. The molecule has 2 aromatic carbocycles. The highest BCUT2D eigenvalue weighted by Crippen LogP contribution is 2.33. The molecule has 1 heterocycles. The molecule has 1 atom stereocenters. The maximum absolute atomic E-state index is 12.8. The van der Waals surface area contributed by atoms with Crippen LogP contribution in [0.1, 0.15) is 11.1 Å². The summed E-state index contributed by atoms with van der Waals surface area (Å²) in [5.74, 6) is 0.693. The number of nitrogens with zero attached hydrogens (tertiary/aromatic N) is 1. The van der Waals surface area contributed by atoms with Gasteiger partial charge in [0, 0.05) is 7.05 Å². The number of carbonyl (C=O) groups is 2. The molecule has 1 N–H and O–H groups in total. The van der Waals surface area contributed by atoms with E-state index in [2.05, 4.69) is 5.32 Å². The zero-order valence-corrected chi connectivity index (χ0v) is 15.1. The average molecular weight is 354 g/mol. The Morgan fingerprint density at radius 1 is 1.23 bits per heavy atom. The van der Waals surface area contributed by atoms with E-state index in [9.17, 15) is 9.59 Å². The molecular formula is C20H22N2O4. The van der Waals surface area contributed by atoms with Crippen molar-refractivity contribution in [2.75, 3.05) is 25.1 Å². The van der Waals surface area contributed by atoms with E-state index in [1.54, 1.807) is 30.1 Å². The minimum atomic E-state index is -0.750. The molecule has 0 fully saturated rings. The first-order valence-corrected chi connectivity index (χ1v) is 8.47. The third-order valence-corrected chi connectivity index (χ3v) is 4.31. The van der Waals surface area contributed by atoms with Gasteiger partial charge in [0.2, 0.25) is 0 Å². The van der Waals surface area contributed by atoms with Crippen LogP contribution in [0.4, 0.5) is 5.69 Å². The predicted octanol–water partition coefficient (Wildman–Crippen LogP) is 2.22. The minimum absolute atomic E-state index is 0.112. The lowest BCUT2D eigenvalue weighted by molar-refractivity contribution is -0.128. The van der Waals surface area contributed by atoms with E-state index in [4.69, 9.17) is 9.47 Å². The molecule has 0 bridgehead atoms. The first-order chi connectivity index (χ1) is 12.5. The van der Waals surface area contributed by atoms with Gasteiger partial charge >= 0.3 is 0 Å². The van der Waals surface area contributed by atoms with Gasteiger partial charge in [-0.25, -0.2) is 0 Å². The highest BCUT2D eigenvalue weighted by molar-refractivity contribution is 5.98. The number of hydrogen-bond acceptors (Lipinski definition) is 4. The molecule has 0 radical (unpaired) electrons. The molecule has 2 amide bonds. The first kappa shape index (κ1) is 17.8. The number of carbonyl (C=O) groups excluding carboxylic acids is 2. The Kier molecular flexibility index (Phi) is 5.11. The topological polar surface area (TPSA) is 67.9 Å². The van der Waals surface area contributed by atoms with E-state index in [1.807, 2.05) is 38.1 Å². The zero-order valence-electron chi connectivity index (χ0n) is 15.1. The number of ether oxygens (including phenoxy) is 2. The summed E-state index contributed by atoms with van der Waals surface area (Å²) in [5, 5.41) is 2.56. The lowest BCUT2D eigenvalue weighted by Gasteiger charge is -2.34. The fourth-order valence-electron chi connectivity index (χ4n) is 2.85. The number of hydrogen-bond donors (Lipinski definition) is 1. The van der Waals surface area contributed by atoms with E-state index in [1.165, 1.54) is 0 Å². The number of fused-ring (bicyclic) bond motifs is 1. The number of benzene rings is 2. The van der Waals surface area contributed by atoms with Gasteiger partial charge in [-0.15, -0.1) is 0 Å². The van der Waals surface area contributed by atoms with Gasteiger partial charge in [-0.3, -0.25) is 9.59 Å². The number of aryl methyl sites for hydroxylation is 2. The molecule has 26 heavy (non-hydrogen) atoms. The second-order valence-electron chi connectivity index (χ2n) is 6.25. The Morgan fingerprint density at radius 2 is 2.00 bits per heavy atom. The summed E-state index contributed by atoms with van der Waals surface area (Å²) >= 11 is 0. The number of anilines is 1. The second-order valence-corrected chi connectivity index (χ2v) is 6.25. The van der Waals surface area contributed by atoms with Gasteiger partial charge in [0.15, 0.2) is 12.7 Å². The fourth-order valence-corrected chi connectivity index (χ4v) is 2.85. The van der Waals surface area contributed by atoms with Crippen LogP contribution in [0, 0.1) is 13.8 Å². The molecule has 1 aliphatic rings. The Hall–Kier alpha value is -3.02. The average Bonchev–Trinajstić information content (AvgIpc) is 2.66. The maximum atomic E-state index is 12.8. The van der Waals surface area contributed by atoms with Crippen LogP contribution in [-0.4, -0.2) is 38.1 Å². The summed E-state index contributed by atoms with van der Waals surface area (Å²) < 4.78 is 11.5. The van der Waals surface area contributed by atoms with E-state index in [0.717, 1.165) is 11.1 Å². The van der Waals surface area contributed by atoms with Crippen LogP contribution in [0.3, 0.4) is 0 Å². The molecule has 0 saturated carbocycles. The van der Waals surface area contributed by atoms with Crippen LogP contribution in [-0.2, 0) is 9.59 Å². The van der Waals surface area contributed by atoms with Crippen molar-refractivity contribution < 1.29 is 19.1 Å². The predicted molar refractivity (Wildman–Crippen MR) is 98.7 cm³/mol. The van der Waals surface area contributed by atoms with Crippen molar-refractivity contribution in [3.63, 3.8) is 0 Å². The highest BCUT2D eigenvalue weighted by Gasteiger charge is 2.33. The lowest BCUT2D eigenvalue weighted by atomic mass is 10.1. The summed E-state index contributed by atoms with van der Waals surface area (Å²) in [6, 6.07) is 13.0. The Morgan fingerprint density at radius 3 is 2.77 bits per heavy atom. The SMILES string of the molecule is CNC(=O)[C@@H]1CN(C(=O)COc2cc(C)ccc2C)c2ccccc2O1. The standard InChI is InChI=1S/C20H22N2O4/c1-13-8-9-14(2)17(10-13)25-12-19(23)22-11-18(20(24)21-3)26-16-7-5-4-6-15(16)22/h4-10,18H,11-12H2,1-3H3,(H,21,24)/t18-/m0/s1. The van der Waals surface area contributed by atoms with Crippen molar-refractivity contribution in [3.05, 3.63) is 53.6 Å². The number of likely N-dealkylation sites (N-methyl/N-ethyl adjacent to an activating group) is 1. The van der Waals surface area contributed by atoms with Gasteiger partial charge in [0.25, 0.3) is 11.8 Å². The van der Waals surface area contributed by atoms with E-state index in [0.29, 0.717) is 17.2 Å². The van der Waals surface area contributed by atoms with Crippen LogP contribution >= 0.6 is 0 Å². The second kappa shape index (κ2) is 7.47. The largest absolute Gasteiger partial charge is 0.483 e. The monoisotopic (exact) mass is 354 g/mol. The fraction of sp³-hybridized carbons (Fsp3) is 0.300. The molecule has 6 heteroatoms. The molecular weight excluding hydrogens is 332 g/mol. The quantitative estimate of drug-likeness (QED) is 0.914. The van der Waals surface area contributed by atoms with Crippen LogP contribution in [0.15, 0.2) is 42.5 Å². The van der Waals surface area contributed by atoms with Crippen LogP contribution < -0.4 is 19.7 Å². The molecule has 0 saturated heterocycles. The smallest absolute Gasteiger partial charge is 0.265 e. The van der Waals surface area contributed by atoms with Crippen LogP contribution in [0.2, 0.25) is 0 Å². The van der Waals surface area contributed by atoms with Crippen LogP contribution in [0.25, 0.3) is 0 Å². The number of para-hydroxylation sites is 2. The first-order valence-electron chi connectivity index (χ1n) is 8.47. The molecule has 6 nitrogen and oxygen atoms in total. The van der Waals surface area contributed by atoms with Gasteiger partial charge in [0.05, 0.1) is 12.2 Å². The Balaban J connectivity index is 1.79. The summed E-state index contributed by atoms with van der Waals surface area (Å²) in [6.45, 7) is 3.94. The molecule has 0 aromatic heterocycles. The third-order valence-electron chi connectivity index (χ3n) is 4.31. The normalized spacial score (nSPS) is 15.7. The number of nitrogens with one attached hydrogen (secondary N) is 1. The molecule has 0 unspecified atom stereocenters. The number of rotatable bonds is 4. The molecule has 0 spiro atoms. The van der Waals surface area contributed by atoms with Crippen LogP contribution in [0.5, 0.6) is 11.5 Å². The summed E-state index contributed by atoms with van der Waals surface area (Å²) in [7, 11) is 1.54.